The largest absolute Gasteiger partial charge is 0.352 e. The highest BCUT2D eigenvalue weighted by Gasteiger charge is 2.27. The van der Waals surface area contributed by atoms with Gasteiger partial charge >= 0.3 is 0 Å². The van der Waals surface area contributed by atoms with Crippen molar-refractivity contribution in [2.75, 3.05) is 18.0 Å². The van der Waals surface area contributed by atoms with Crippen LogP contribution in [0.15, 0.2) is 54.9 Å². The Morgan fingerprint density at radius 2 is 1.97 bits per heavy atom. The Morgan fingerprint density at radius 3 is 2.61 bits per heavy atom. The van der Waals surface area contributed by atoms with Gasteiger partial charge in [0.15, 0.2) is 0 Å². The standard InChI is InChI=1S/C25H24ClFN4O2/c1-16(32)31(15-18-2-3-18)23-7-5-19(13-21(23)26)22-6-4-20(14-30-22)25(33)29-11-9-17-8-10-28-24(27)12-17/h4-8,10,12-14,18H,2-3,9,11,15H2,1H3,(H,29,33). The number of carbonyl (C=O) groups excluding carboxylic acids is 2. The zero-order valence-corrected chi connectivity index (χ0v) is 19.0. The number of rotatable bonds is 8. The number of hydrogen-bond acceptors (Lipinski definition) is 4. The van der Waals surface area contributed by atoms with E-state index in [0.717, 1.165) is 24.0 Å². The molecule has 4 rings (SSSR count). The van der Waals surface area contributed by atoms with E-state index in [-0.39, 0.29) is 11.8 Å². The Hall–Kier alpha value is -3.32. The molecule has 1 saturated carbocycles. The molecule has 1 aliphatic rings. The van der Waals surface area contributed by atoms with Crippen LogP contribution >= 0.6 is 11.6 Å². The monoisotopic (exact) mass is 466 g/mol. The van der Waals surface area contributed by atoms with Gasteiger partial charge in [-0.2, -0.15) is 4.39 Å². The first-order chi connectivity index (χ1) is 15.9. The van der Waals surface area contributed by atoms with Crippen LogP contribution in [0.5, 0.6) is 0 Å². The Kier molecular flexibility index (Phi) is 6.99. The SMILES string of the molecule is CC(=O)N(CC1CC1)c1ccc(-c2ccc(C(=O)NCCc3ccnc(F)c3)cn2)cc1Cl. The van der Waals surface area contributed by atoms with Crippen LogP contribution in [0.4, 0.5) is 10.1 Å². The Bertz CT molecular complexity index is 1170. The van der Waals surface area contributed by atoms with Gasteiger partial charge < -0.3 is 10.2 Å². The van der Waals surface area contributed by atoms with Crippen LogP contribution in [-0.4, -0.2) is 34.9 Å². The topological polar surface area (TPSA) is 75.2 Å². The number of carbonyl (C=O) groups is 2. The van der Waals surface area contributed by atoms with Gasteiger partial charge in [-0.25, -0.2) is 4.98 Å². The van der Waals surface area contributed by atoms with E-state index in [1.54, 1.807) is 36.1 Å². The number of pyridine rings is 2. The van der Waals surface area contributed by atoms with Crippen LogP contribution in [0.25, 0.3) is 11.3 Å². The second kappa shape index (κ2) is 10.1. The molecule has 1 N–H and O–H groups in total. The summed E-state index contributed by atoms with van der Waals surface area (Å²) in [5.41, 5.74) is 3.35. The van der Waals surface area contributed by atoms with Crippen molar-refractivity contribution in [1.29, 1.82) is 0 Å². The molecule has 3 aromatic rings. The summed E-state index contributed by atoms with van der Waals surface area (Å²) >= 11 is 6.51. The van der Waals surface area contributed by atoms with Crippen LogP contribution in [0.1, 0.15) is 35.7 Å². The smallest absolute Gasteiger partial charge is 0.252 e. The fourth-order valence-electron chi connectivity index (χ4n) is 3.56. The van der Waals surface area contributed by atoms with E-state index >= 15 is 0 Å². The van der Waals surface area contributed by atoms with E-state index in [1.807, 2.05) is 12.1 Å². The first kappa shape index (κ1) is 22.9. The fraction of sp³-hybridized carbons (Fsp3) is 0.280. The molecule has 1 fully saturated rings. The number of nitrogens with one attached hydrogen (secondary N) is 1. The third kappa shape index (κ3) is 5.93. The molecule has 8 heteroatoms. The summed E-state index contributed by atoms with van der Waals surface area (Å²) in [6.45, 7) is 2.61. The molecular formula is C25H24ClFN4O2. The van der Waals surface area contributed by atoms with Gasteiger partial charge in [-0.3, -0.25) is 14.6 Å². The molecule has 170 valence electrons. The quantitative estimate of drug-likeness (QED) is 0.489. The van der Waals surface area contributed by atoms with Gasteiger partial charge in [0.1, 0.15) is 0 Å². The third-order valence-electron chi connectivity index (χ3n) is 5.57. The molecule has 2 heterocycles. The maximum atomic E-state index is 13.1. The maximum absolute atomic E-state index is 13.1. The molecule has 1 aliphatic carbocycles. The zero-order chi connectivity index (χ0) is 23.4. The van der Waals surface area contributed by atoms with E-state index in [1.165, 1.54) is 18.5 Å². The number of hydrogen-bond donors (Lipinski definition) is 1. The summed E-state index contributed by atoms with van der Waals surface area (Å²) in [6, 6.07) is 12.0. The summed E-state index contributed by atoms with van der Waals surface area (Å²) in [5.74, 6) is -0.271. The van der Waals surface area contributed by atoms with E-state index in [4.69, 9.17) is 11.6 Å². The highest BCUT2D eigenvalue weighted by Crippen LogP contribution is 2.35. The highest BCUT2D eigenvalue weighted by molar-refractivity contribution is 6.34. The molecular weight excluding hydrogens is 443 g/mol. The van der Waals surface area contributed by atoms with Crippen LogP contribution < -0.4 is 10.2 Å². The van der Waals surface area contributed by atoms with Crippen molar-refractivity contribution >= 4 is 29.1 Å². The lowest BCUT2D eigenvalue weighted by Gasteiger charge is -2.22. The van der Waals surface area contributed by atoms with Crippen molar-refractivity contribution in [3.05, 3.63) is 77.0 Å². The van der Waals surface area contributed by atoms with E-state index in [0.29, 0.717) is 47.4 Å². The summed E-state index contributed by atoms with van der Waals surface area (Å²) in [4.78, 5) is 34.1. The van der Waals surface area contributed by atoms with Crippen molar-refractivity contribution in [3.8, 4) is 11.3 Å². The van der Waals surface area contributed by atoms with Gasteiger partial charge in [-0.05, 0) is 67.1 Å². The van der Waals surface area contributed by atoms with Crippen molar-refractivity contribution in [2.24, 2.45) is 5.92 Å². The number of nitrogens with zero attached hydrogens (tertiary/aromatic N) is 3. The normalized spacial score (nSPS) is 12.9. The molecule has 1 aromatic carbocycles. The lowest BCUT2D eigenvalue weighted by Crippen LogP contribution is -2.30. The molecule has 0 unspecified atom stereocenters. The Morgan fingerprint density at radius 1 is 1.15 bits per heavy atom. The van der Waals surface area contributed by atoms with Crippen LogP contribution in [0.3, 0.4) is 0 Å². The van der Waals surface area contributed by atoms with Gasteiger partial charge in [-0.1, -0.05) is 17.7 Å². The number of amides is 2. The van der Waals surface area contributed by atoms with Crippen LogP contribution in [-0.2, 0) is 11.2 Å². The van der Waals surface area contributed by atoms with Gasteiger partial charge in [0, 0.05) is 38.0 Å². The number of benzene rings is 1. The summed E-state index contributed by atoms with van der Waals surface area (Å²) in [5, 5.41) is 3.29. The molecule has 0 radical (unpaired) electrons. The van der Waals surface area contributed by atoms with Crippen LogP contribution in [0.2, 0.25) is 5.02 Å². The minimum absolute atomic E-state index is 0.0286. The van der Waals surface area contributed by atoms with Gasteiger partial charge in [0.25, 0.3) is 5.91 Å². The van der Waals surface area contributed by atoms with Crippen molar-refractivity contribution in [3.63, 3.8) is 0 Å². The summed E-state index contributed by atoms with van der Waals surface area (Å²) in [7, 11) is 0. The van der Waals surface area contributed by atoms with E-state index < -0.39 is 5.95 Å². The number of aromatic nitrogens is 2. The molecule has 33 heavy (non-hydrogen) atoms. The van der Waals surface area contributed by atoms with E-state index in [9.17, 15) is 14.0 Å². The molecule has 0 saturated heterocycles. The summed E-state index contributed by atoms with van der Waals surface area (Å²) < 4.78 is 13.1. The molecule has 2 aromatic heterocycles. The lowest BCUT2D eigenvalue weighted by molar-refractivity contribution is -0.116. The molecule has 6 nitrogen and oxygen atoms in total. The fourth-order valence-corrected chi connectivity index (χ4v) is 3.84. The average molecular weight is 467 g/mol. The van der Waals surface area contributed by atoms with Crippen molar-refractivity contribution in [1.82, 2.24) is 15.3 Å². The minimum Gasteiger partial charge on any atom is -0.352 e. The lowest BCUT2D eigenvalue weighted by atomic mass is 10.1. The van der Waals surface area contributed by atoms with E-state index in [2.05, 4.69) is 15.3 Å². The van der Waals surface area contributed by atoms with Gasteiger partial charge in [-0.15, -0.1) is 0 Å². The second-order valence-electron chi connectivity index (χ2n) is 8.16. The van der Waals surface area contributed by atoms with Gasteiger partial charge in [0.2, 0.25) is 11.9 Å². The Labute approximate surface area is 196 Å². The van der Waals surface area contributed by atoms with Crippen LogP contribution in [0, 0.1) is 11.9 Å². The summed E-state index contributed by atoms with van der Waals surface area (Å²) in [6.07, 6.45) is 5.70. The highest BCUT2D eigenvalue weighted by atomic mass is 35.5. The molecule has 2 amide bonds. The molecule has 0 aliphatic heterocycles. The Balaban J connectivity index is 1.39. The average Bonchev–Trinajstić information content (AvgIpc) is 3.62. The predicted molar refractivity (Wildman–Crippen MR) is 126 cm³/mol. The molecule has 0 bridgehead atoms. The molecule has 0 atom stereocenters. The molecule has 0 spiro atoms. The second-order valence-corrected chi connectivity index (χ2v) is 8.57. The minimum atomic E-state index is -0.538. The van der Waals surface area contributed by atoms with Gasteiger partial charge in [0.05, 0.1) is 22.0 Å². The predicted octanol–water partition coefficient (Wildman–Crippen LogP) is 4.67. The first-order valence-electron chi connectivity index (χ1n) is 10.8. The number of anilines is 1. The van der Waals surface area contributed by atoms with Crippen molar-refractivity contribution < 1.29 is 14.0 Å². The van der Waals surface area contributed by atoms with Crippen molar-refractivity contribution in [2.45, 2.75) is 26.2 Å². The number of halogens is 2. The zero-order valence-electron chi connectivity index (χ0n) is 18.2. The maximum Gasteiger partial charge on any atom is 0.252 e. The third-order valence-corrected chi connectivity index (χ3v) is 5.87. The first-order valence-corrected chi connectivity index (χ1v) is 11.2.